The van der Waals surface area contributed by atoms with Crippen molar-refractivity contribution in [3.8, 4) is 0 Å². The van der Waals surface area contributed by atoms with Crippen molar-refractivity contribution in [1.82, 2.24) is 19.6 Å². The molecule has 1 saturated heterocycles. The number of piperazine rings is 1. The van der Waals surface area contributed by atoms with Crippen LogP contribution in [-0.2, 0) is 16.0 Å². The Morgan fingerprint density at radius 1 is 1.27 bits per heavy atom. The lowest BCUT2D eigenvalue weighted by Gasteiger charge is -2.36. The number of nitrogens with one attached hydrogen (secondary N) is 1. The van der Waals surface area contributed by atoms with Gasteiger partial charge in [-0.05, 0) is 27.7 Å². The third kappa shape index (κ3) is 6.12. The van der Waals surface area contributed by atoms with Gasteiger partial charge in [0.15, 0.2) is 5.96 Å². The number of nitrogens with zero attached hydrogens (tertiary/aromatic N) is 5. The number of rotatable bonds is 5. The van der Waals surface area contributed by atoms with Gasteiger partial charge in [0.1, 0.15) is 18.0 Å². The molecule has 1 aromatic rings. The molecular formula is C17H30N6O2S. The fourth-order valence-corrected chi connectivity index (χ4v) is 3.37. The van der Waals surface area contributed by atoms with E-state index in [0.717, 1.165) is 56.1 Å². The van der Waals surface area contributed by atoms with Crippen molar-refractivity contribution >= 4 is 28.6 Å². The highest BCUT2D eigenvalue weighted by atomic mass is 32.1. The number of aryl methyl sites for hydroxylation is 1. The lowest BCUT2D eigenvalue weighted by atomic mass is 10.2. The fraction of sp³-hybridized carbons (Fsp3) is 0.765. The Bertz CT molecular complexity index is 617. The van der Waals surface area contributed by atoms with Crippen LogP contribution >= 0.6 is 11.5 Å². The summed E-state index contributed by atoms with van der Waals surface area (Å²) in [6, 6.07) is 0. The van der Waals surface area contributed by atoms with Crippen LogP contribution in [0.2, 0.25) is 0 Å². The van der Waals surface area contributed by atoms with Gasteiger partial charge in [0.25, 0.3) is 0 Å². The summed E-state index contributed by atoms with van der Waals surface area (Å²) >= 11 is 1.46. The van der Waals surface area contributed by atoms with Gasteiger partial charge in [0.05, 0.1) is 0 Å². The maximum absolute atomic E-state index is 11.9. The summed E-state index contributed by atoms with van der Waals surface area (Å²) in [5.41, 5.74) is -0.490. The van der Waals surface area contributed by atoms with Crippen LogP contribution < -0.4 is 10.2 Å². The number of esters is 1. The average Bonchev–Trinajstić information content (AvgIpc) is 3.06. The van der Waals surface area contributed by atoms with Crippen LogP contribution in [0.1, 0.15) is 40.4 Å². The maximum atomic E-state index is 11.9. The first-order valence-corrected chi connectivity index (χ1v) is 9.92. The SMILES string of the molecule is CCNC(=NCC(=O)OC(C)(C)C)N1CCN(c2nc(CC)ns2)CC1. The van der Waals surface area contributed by atoms with Crippen LogP contribution in [0.25, 0.3) is 0 Å². The van der Waals surface area contributed by atoms with Gasteiger partial charge in [0, 0.05) is 50.7 Å². The zero-order valence-corrected chi connectivity index (χ0v) is 17.2. The maximum Gasteiger partial charge on any atom is 0.328 e. The molecule has 8 nitrogen and oxygen atoms in total. The number of aliphatic imine (C=N–C) groups is 1. The van der Waals surface area contributed by atoms with Crippen LogP contribution in [0.3, 0.4) is 0 Å². The predicted octanol–water partition coefficient (Wildman–Crippen LogP) is 1.53. The van der Waals surface area contributed by atoms with Gasteiger partial charge >= 0.3 is 5.97 Å². The van der Waals surface area contributed by atoms with E-state index in [4.69, 9.17) is 4.74 Å². The molecule has 0 bridgehead atoms. The van der Waals surface area contributed by atoms with Crippen LogP contribution in [0, 0.1) is 0 Å². The Balaban J connectivity index is 1.92. The molecule has 1 aromatic heterocycles. The molecule has 146 valence electrons. The molecule has 2 heterocycles. The lowest BCUT2D eigenvalue weighted by Crippen LogP contribution is -2.52. The zero-order chi connectivity index (χ0) is 19.2. The molecule has 1 fully saturated rings. The summed E-state index contributed by atoms with van der Waals surface area (Å²) in [4.78, 5) is 25.4. The van der Waals surface area contributed by atoms with Crippen LogP contribution in [-0.4, -0.2) is 71.1 Å². The number of hydrogen-bond donors (Lipinski definition) is 1. The number of aromatic nitrogens is 2. The minimum absolute atomic E-state index is 0.0239. The van der Waals surface area contributed by atoms with Gasteiger partial charge in [-0.25, -0.2) is 9.98 Å². The minimum atomic E-state index is -0.490. The molecule has 1 aliphatic heterocycles. The lowest BCUT2D eigenvalue weighted by molar-refractivity contribution is -0.152. The number of guanidine groups is 1. The first kappa shape index (κ1) is 20.4. The van der Waals surface area contributed by atoms with Gasteiger partial charge in [0.2, 0.25) is 5.13 Å². The molecule has 0 spiro atoms. The van der Waals surface area contributed by atoms with Crippen molar-refractivity contribution < 1.29 is 9.53 Å². The predicted molar refractivity (Wildman–Crippen MR) is 105 cm³/mol. The molecule has 0 unspecified atom stereocenters. The molecule has 26 heavy (non-hydrogen) atoms. The number of ether oxygens (including phenoxy) is 1. The molecular weight excluding hydrogens is 352 g/mol. The summed E-state index contributed by atoms with van der Waals surface area (Å²) in [6.07, 6.45) is 0.859. The quantitative estimate of drug-likeness (QED) is 0.470. The third-order valence-corrected chi connectivity index (χ3v) is 4.55. The molecule has 0 saturated carbocycles. The fourth-order valence-electron chi connectivity index (χ4n) is 2.57. The van der Waals surface area contributed by atoms with E-state index < -0.39 is 5.60 Å². The van der Waals surface area contributed by atoms with E-state index in [1.807, 2.05) is 27.7 Å². The highest BCUT2D eigenvalue weighted by molar-refractivity contribution is 7.09. The van der Waals surface area contributed by atoms with E-state index in [1.54, 1.807) is 0 Å². The van der Waals surface area contributed by atoms with E-state index in [1.165, 1.54) is 11.5 Å². The van der Waals surface area contributed by atoms with Gasteiger partial charge in [-0.3, -0.25) is 4.79 Å². The van der Waals surface area contributed by atoms with Crippen LogP contribution in [0.5, 0.6) is 0 Å². The van der Waals surface area contributed by atoms with E-state index in [2.05, 4.69) is 36.4 Å². The van der Waals surface area contributed by atoms with Crippen molar-refractivity contribution in [2.45, 2.75) is 46.6 Å². The van der Waals surface area contributed by atoms with Crippen molar-refractivity contribution in [2.24, 2.45) is 4.99 Å². The Morgan fingerprint density at radius 2 is 1.96 bits per heavy atom. The van der Waals surface area contributed by atoms with E-state index in [-0.39, 0.29) is 12.5 Å². The van der Waals surface area contributed by atoms with Crippen molar-refractivity contribution in [3.05, 3.63) is 5.82 Å². The summed E-state index contributed by atoms with van der Waals surface area (Å²) in [5, 5.41) is 4.25. The smallest absolute Gasteiger partial charge is 0.328 e. The normalized spacial score (nSPS) is 16.0. The Kier molecular flexibility index (Phi) is 7.19. The molecule has 0 radical (unpaired) electrons. The monoisotopic (exact) mass is 382 g/mol. The number of anilines is 1. The Labute approximate surface area is 159 Å². The largest absolute Gasteiger partial charge is 0.459 e. The molecule has 0 aromatic carbocycles. The highest BCUT2D eigenvalue weighted by Crippen LogP contribution is 2.19. The first-order chi connectivity index (χ1) is 12.3. The van der Waals surface area contributed by atoms with Crippen molar-refractivity contribution in [1.29, 1.82) is 0 Å². The minimum Gasteiger partial charge on any atom is -0.459 e. The zero-order valence-electron chi connectivity index (χ0n) is 16.4. The molecule has 0 amide bonds. The van der Waals surface area contributed by atoms with Crippen molar-refractivity contribution in [2.75, 3.05) is 44.2 Å². The number of carbonyl (C=O) groups excluding carboxylic acids is 1. The van der Waals surface area contributed by atoms with Gasteiger partial charge < -0.3 is 19.9 Å². The standard InChI is InChI=1S/C17H30N6O2S/c1-6-13-20-16(26-21-13)23-10-8-22(9-11-23)15(18-7-2)19-12-14(24)25-17(3,4)5/h6-12H2,1-5H3,(H,18,19). The summed E-state index contributed by atoms with van der Waals surface area (Å²) in [5.74, 6) is 1.34. The number of hydrogen-bond acceptors (Lipinski definition) is 7. The summed E-state index contributed by atoms with van der Waals surface area (Å²) in [6.45, 7) is 13.8. The molecule has 1 N–H and O–H groups in total. The number of carbonyl (C=O) groups is 1. The van der Waals surface area contributed by atoms with Gasteiger partial charge in [-0.15, -0.1) is 0 Å². The van der Waals surface area contributed by atoms with E-state index in [0.29, 0.717) is 0 Å². The molecule has 0 atom stereocenters. The molecule has 1 aliphatic rings. The van der Waals surface area contributed by atoms with Crippen molar-refractivity contribution in [3.63, 3.8) is 0 Å². The average molecular weight is 383 g/mol. The first-order valence-electron chi connectivity index (χ1n) is 9.15. The molecule has 9 heteroatoms. The van der Waals surface area contributed by atoms with Gasteiger partial charge in [-0.2, -0.15) is 4.37 Å². The second-order valence-corrected chi connectivity index (χ2v) is 7.81. The summed E-state index contributed by atoms with van der Waals surface area (Å²) < 4.78 is 9.69. The van der Waals surface area contributed by atoms with Crippen LogP contribution in [0.15, 0.2) is 4.99 Å². The topological polar surface area (TPSA) is 83.0 Å². The Morgan fingerprint density at radius 3 is 2.50 bits per heavy atom. The second kappa shape index (κ2) is 9.16. The summed E-state index contributed by atoms with van der Waals surface area (Å²) in [7, 11) is 0. The van der Waals surface area contributed by atoms with Crippen LogP contribution in [0.4, 0.5) is 5.13 Å². The second-order valence-electron chi connectivity index (χ2n) is 7.08. The molecule has 0 aliphatic carbocycles. The van der Waals surface area contributed by atoms with E-state index >= 15 is 0 Å². The van der Waals surface area contributed by atoms with Gasteiger partial charge in [-0.1, -0.05) is 6.92 Å². The Hall–Kier alpha value is -1.90. The van der Waals surface area contributed by atoms with E-state index in [9.17, 15) is 4.79 Å². The third-order valence-electron chi connectivity index (χ3n) is 3.74. The molecule has 2 rings (SSSR count). The highest BCUT2D eigenvalue weighted by Gasteiger charge is 2.22.